The van der Waals surface area contributed by atoms with E-state index in [-0.39, 0.29) is 0 Å². The molecule has 35 heavy (non-hydrogen) atoms. The number of fused-ring (bicyclic) bond motifs is 16. The Balaban J connectivity index is 1.39. The first-order valence-corrected chi connectivity index (χ1v) is 12.1. The summed E-state index contributed by atoms with van der Waals surface area (Å²) < 4.78 is 2.25. The fourth-order valence-electron chi connectivity index (χ4n) is 6.51. The fourth-order valence-corrected chi connectivity index (χ4v) is 6.51. The molecule has 0 bridgehead atoms. The lowest BCUT2D eigenvalue weighted by Crippen LogP contribution is -1.94. The molecule has 0 amide bonds. The molecule has 162 valence electrons. The lowest BCUT2D eigenvalue weighted by Gasteiger charge is -2.08. The number of aromatic nitrogens is 4. The van der Waals surface area contributed by atoms with Crippen molar-refractivity contribution in [3.63, 3.8) is 0 Å². The molecule has 2 aliphatic carbocycles. The van der Waals surface area contributed by atoms with Crippen molar-refractivity contribution in [1.82, 2.24) is 19.4 Å². The van der Waals surface area contributed by atoms with Crippen molar-refractivity contribution in [3.05, 3.63) is 107 Å². The second-order valence-corrected chi connectivity index (χ2v) is 9.64. The molecule has 0 saturated heterocycles. The van der Waals surface area contributed by atoms with Crippen LogP contribution in [0.15, 0.2) is 85.2 Å². The van der Waals surface area contributed by atoms with Crippen LogP contribution in [0.5, 0.6) is 0 Å². The summed E-state index contributed by atoms with van der Waals surface area (Å²) in [5.74, 6) is 0. The summed E-state index contributed by atoms with van der Waals surface area (Å²) in [6.07, 6.45) is 5.63. The van der Waals surface area contributed by atoms with Crippen LogP contribution in [0.4, 0.5) is 0 Å². The Morgan fingerprint density at radius 3 is 2.34 bits per heavy atom. The molecular weight excluding hydrogens is 428 g/mol. The first-order chi connectivity index (χ1) is 17.4. The van der Waals surface area contributed by atoms with Gasteiger partial charge in [-0.05, 0) is 81.3 Å². The van der Waals surface area contributed by atoms with Gasteiger partial charge >= 0.3 is 0 Å². The monoisotopic (exact) mass is 446 g/mol. The minimum Gasteiger partial charge on any atom is -0.289 e. The number of pyridine rings is 3. The molecule has 9 rings (SSSR count). The van der Waals surface area contributed by atoms with E-state index in [1.54, 1.807) is 0 Å². The number of hydrogen-bond acceptors (Lipinski definition) is 3. The van der Waals surface area contributed by atoms with Gasteiger partial charge in [-0.3, -0.25) is 14.4 Å². The second kappa shape index (κ2) is 6.10. The lowest BCUT2D eigenvalue weighted by atomic mass is 9.95. The first-order valence-electron chi connectivity index (χ1n) is 12.1. The maximum absolute atomic E-state index is 5.26. The van der Waals surface area contributed by atoms with E-state index >= 15 is 0 Å². The second-order valence-electron chi connectivity index (χ2n) is 9.64. The van der Waals surface area contributed by atoms with Crippen LogP contribution in [0.1, 0.15) is 22.3 Å². The van der Waals surface area contributed by atoms with Gasteiger partial charge in [0.1, 0.15) is 5.52 Å². The molecule has 0 unspecified atom stereocenters. The number of hydrogen-bond donors (Lipinski definition) is 0. The summed E-state index contributed by atoms with van der Waals surface area (Å²) in [6, 6.07) is 26.2. The standard InChI is InChI=1S/C31H18N4/c1-2-6-19-17(5-1)15-18-9-10-20-21-11-12-26-29(24(21)16-23(20)27(18)19)34-31-30-22(7-3-13-33-30)28-25(35(26)31)8-4-14-32-28/h1-14H,15-16H2. The molecule has 0 radical (unpaired) electrons. The van der Waals surface area contributed by atoms with E-state index in [2.05, 4.69) is 65.1 Å². The van der Waals surface area contributed by atoms with Crippen molar-refractivity contribution in [2.75, 3.05) is 0 Å². The van der Waals surface area contributed by atoms with Gasteiger partial charge in [-0.2, -0.15) is 0 Å². The summed E-state index contributed by atoms with van der Waals surface area (Å²) in [6.45, 7) is 0. The van der Waals surface area contributed by atoms with E-state index < -0.39 is 0 Å². The van der Waals surface area contributed by atoms with Gasteiger partial charge in [0, 0.05) is 24.2 Å². The van der Waals surface area contributed by atoms with Gasteiger partial charge in [-0.1, -0.05) is 42.5 Å². The van der Waals surface area contributed by atoms with E-state index in [0.29, 0.717) is 0 Å². The van der Waals surface area contributed by atoms with E-state index in [0.717, 1.165) is 51.5 Å². The Labute approximate surface area is 200 Å². The summed E-state index contributed by atoms with van der Waals surface area (Å²) in [4.78, 5) is 14.7. The van der Waals surface area contributed by atoms with Crippen molar-refractivity contribution in [1.29, 1.82) is 0 Å². The van der Waals surface area contributed by atoms with Crippen molar-refractivity contribution in [3.8, 4) is 22.3 Å². The summed E-state index contributed by atoms with van der Waals surface area (Å²) in [5, 5.41) is 1.04. The minimum absolute atomic E-state index is 0.897. The SMILES string of the molecule is c1ccc2c(c1)Cc1ccc3c(c1-2)Cc1c-3ccc2c1nc1c3ncccc3c3ncccc3n21. The number of rotatable bonds is 0. The van der Waals surface area contributed by atoms with Crippen molar-refractivity contribution in [2.24, 2.45) is 0 Å². The minimum atomic E-state index is 0.897. The van der Waals surface area contributed by atoms with Gasteiger partial charge in [0.25, 0.3) is 0 Å². The molecule has 0 aliphatic heterocycles. The molecule has 7 aromatic rings. The number of imidazole rings is 1. The number of nitrogens with zero attached hydrogens (tertiary/aromatic N) is 4. The highest BCUT2D eigenvalue weighted by atomic mass is 15.0. The normalized spacial score (nSPS) is 13.5. The zero-order valence-corrected chi connectivity index (χ0v) is 18.8. The van der Waals surface area contributed by atoms with Crippen molar-refractivity contribution < 1.29 is 0 Å². The van der Waals surface area contributed by atoms with E-state index in [4.69, 9.17) is 15.0 Å². The Morgan fingerprint density at radius 2 is 1.37 bits per heavy atom. The van der Waals surface area contributed by atoms with Crippen LogP contribution >= 0.6 is 0 Å². The van der Waals surface area contributed by atoms with Crippen LogP contribution in [0.25, 0.3) is 60.9 Å². The van der Waals surface area contributed by atoms with Gasteiger partial charge in [0.05, 0.1) is 22.1 Å². The van der Waals surface area contributed by atoms with Gasteiger partial charge < -0.3 is 0 Å². The molecule has 0 spiro atoms. The first kappa shape index (κ1) is 17.8. The van der Waals surface area contributed by atoms with E-state index in [1.807, 2.05) is 24.5 Å². The van der Waals surface area contributed by atoms with Crippen LogP contribution in [-0.2, 0) is 12.8 Å². The maximum atomic E-state index is 5.26. The van der Waals surface area contributed by atoms with Crippen LogP contribution < -0.4 is 0 Å². The fraction of sp³-hybridized carbons (Fsp3) is 0.0645. The van der Waals surface area contributed by atoms with Crippen molar-refractivity contribution >= 4 is 38.6 Å². The van der Waals surface area contributed by atoms with E-state index in [1.165, 1.54) is 44.5 Å². The molecule has 4 heterocycles. The largest absolute Gasteiger partial charge is 0.289 e. The Morgan fingerprint density at radius 1 is 0.571 bits per heavy atom. The Hall–Kier alpha value is -4.57. The molecule has 2 aliphatic rings. The average Bonchev–Trinajstić information content (AvgIpc) is 3.59. The predicted molar refractivity (Wildman–Crippen MR) is 140 cm³/mol. The van der Waals surface area contributed by atoms with Gasteiger partial charge in [0.15, 0.2) is 5.65 Å². The molecule has 0 atom stereocenters. The molecule has 4 heteroatoms. The molecular formula is C31H18N4. The van der Waals surface area contributed by atoms with Crippen LogP contribution in [-0.4, -0.2) is 19.4 Å². The Kier molecular flexibility index (Phi) is 3.11. The topological polar surface area (TPSA) is 43.1 Å². The average molecular weight is 447 g/mol. The van der Waals surface area contributed by atoms with Crippen molar-refractivity contribution in [2.45, 2.75) is 12.8 Å². The van der Waals surface area contributed by atoms with E-state index in [9.17, 15) is 0 Å². The summed E-state index contributed by atoms with van der Waals surface area (Å²) in [5.41, 5.74) is 17.1. The maximum Gasteiger partial charge on any atom is 0.165 e. The highest BCUT2D eigenvalue weighted by Crippen LogP contribution is 2.49. The third kappa shape index (κ3) is 2.11. The quantitative estimate of drug-likeness (QED) is 0.243. The molecule has 0 fully saturated rings. The zero-order chi connectivity index (χ0) is 22.7. The number of benzene rings is 3. The molecule has 4 nitrogen and oxygen atoms in total. The smallest absolute Gasteiger partial charge is 0.165 e. The van der Waals surface area contributed by atoms with Gasteiger partial charge in [-0.15, -0.1) is 0 Å². The van der Waals surface area contributed by atoms with Crippen LogP contribution in [0.3, 0.4) is 0 Å². The third-order valence-corrected chi connectivity index (χ3v) is 7.94. The Bertz CT molecular complexity index is 2070. The highest BCUT2D eigenvalue weighted by molar-refractivity contribution is 6.11. The molecule has 0 N–H and O–H groups in total. The van der Waals surface area contributed by atoms with Gasteiger partial charge in [0.2, 0.25) is 0 Å². The lowest BCUT2D eigenvalue weighted by molar-refractivity contribution is 1.24. The predicted octanol–water partition coefficient (Wildman–Crippen LogP) is 6.73. The summed E-state index contributed by atoms with van der Waals surface area (Å²) in [7, 11) is 0. The zero-order valence-electron chi connectivity index (χ0n) is 18.8. The third-order valence-electron chi connectivity index (χ3n) is 7.94. The van der Waals surface area contributed by atoms with Crippen LogP contribution in [0, 0.1) is 0 Å². The van der Waals surface area contributed by atoms with Gasteiger partial charge in [-0.25, -0.2) is 4.98 Å². The van der Waals surface area contributed by atoms with Crippen LogP contribution in [0.2, 0.25) is 0 Å². The highest BCUT2D eigenvalue weighted by Gasteiger charge is 2.30. The molecule has 3 aromatic carbocycles. The molecule has 4 aromatic heterocycles. The summed E-state index contributed by atoms with van der Waals surface area (Å²) >= 11 is 0. The molecule has 0 saturated carbocycles.